The van der Waals surface area contributed by atoms with E-state index in [1.54, 1.807) is 18.7 Å². The number of alkyl halides is 4. The maximum absolute atomic E-state index is 12.3. The molecule has 0 radical (unpaired) electrons. The van der Waals surface area contributed by atoms with Crippen LogP contribution >= 0.6 is 15.9 Å². The molecule has 0 aliphatic carbocycles. The minimum absolute atomic E-state index is 0.406. The van der Waals surface area contributed by atoms with Gasteiger partial charge in [-0.1, -0.05) is 15.9 Å². The molecule has 1 rings (SSSR count). The topological polar surface area (TPSA) is 21.1 Å². The summed E-state index contributed by atoms with van der Waals surface area (Å²) in [6.45, 7) is 0.686. The van der Waals surface area contributed by atoms with Gasteiger partial charge in [-0.25, -0.2) is 4.98 Å². The second-order valence-corrected chi connectivity index (χ2v) is 4.53. The molecule has 0 aliphatic heterocycles. The molecule has 0 N–H and O–H groups in total. The van der Waals surface area contributed by atoms with Crippen molar-refractivity contribution < 1.29 is 13.2 Å². The van der Waals surface area contributed by atoms with Gasteiger partial charge in [0, 0.05) is 37.4 Å². The second kappa shape index (κ2) is 7.00. The first-order chi connectivity index (χ1) is 8.01. The highest BCUT2D eigenvalue weighted by molar-refractivity contribution is 9.09. The van der Waals surface area contributed by atoms with Crippen LogP contribution in [0.15, 0.2) is 18.7 Å². The summed E-state index contributed by atoms with van der Waals surface area (Å²) in [6, 6.07) is 0. The second-order valence-electron chi connectivity index (χ2n) is 3.73. The van der Waals surface area contributed by atoms with E-state index in [9.17, 15) is 13.2 Å². The third-order valence-corrected chi connectivity index (χ3v) is 2.61. The Kier molecular flexibility index (Phi) is 5.97. The molecule has 0 aliphatic rings. The highest BCUT2D eigenvalue weighted by Gasteiger charge is 2.30. The van der Waals surface area contributed by atoms with Crippen molar-refractivity contribution in [2.75, 3.05) is 25.0 Å². The molecule has 0 saturated heterocycles. The van der Waals surface area contributed by atoms with Crippen molar-refractivity contribution in [1.82, 2.24) is 14.5 Å². The van der Waals surface area contributed by atoms with Crippen LogP contribution in [0.1, 0.15) is 6.42 Å². The van der Waals surface area contributed by atoms with Gasteiger partial charge in [0.05, 0.1) is 12.9 Å². The van der Waals surface area contributed by atoms with E-state index in [1.807, 2.05) is 4.57 Å². The predicted molar refractivity (Wildman–Crippen MR) is 63.1 cm³/mol. The number of hydrogen-bond donors (Lipinski definition) is 0. The number of aryl methyl sites for hydroxylation is 1. The van der Waals surface area contributed by atoms with Crippen molar-refractivity contribution in [3.63, 3.8) is 0 Å². The van der Waals surface area contributed by atoms with Crippen molar-refractivity contribution >= 4 is 15.9 Å². The fraction of sp³-hybridized carbons (Fsp3) is 0.700. The van der Waals surface area contributed by atoms with E-state index in [1.165, 1.54) is 4.90 Å². The lowest BCUT2D eigenvalue weighted by Gasteiger charge is -2.22. The highest BCUT2D eigenvalue weighted by Crippen LogP contribution is 2.16. The lowest BCUT2D eigenvalue weighted by atomic mass is 10.3. The standard InChI is InChI=1S/C10H15BrF3N3/c11-2-6-16(8-10(12,13)14)4-1-5-17-7-3-15-9-17/h3,7,9H,1-2,4-6,8H2. The van der Waals surface area contributed by atoms with Gasteiger partial charge in [-0.2, -0.15) is 13.2 Å². The molecule has 0 aromatic carbocycles. The zero-order chi connectivity index (χ0) is 12.7. The SMILES string of the molecule is FC(F)(F)CN(CCBr)CCCn1ccnc1. The predicted octanol–water partition coefficient (Wildman–Crippen LogP) is 2.53. The van der Waals surface area contributed by atoms with Crippen molar-refractivity contribution in [2.45, 2.75) is 19.1 Å². The molecular formula is C10H15BrF3N3. The van der Waals surface area contributed by atoms with Crippen LogP contribution in [0.5, 0.6) is 0 Å². The van der Waals surface area contributed by atoms with Crippen LogP contribution in [0.3, 0.4) is 0 Å². The first-order valence-electron chi connectivity index (χ1n) is 5.32. The molecule has 0 spiro atoms. The minimum Gasteiger partial charge on any atom is -0.337 e. The Morgan fingerprint density at radius 3 is 2.59 bits per heavy atom. The van der Waals surface area contributed by atoms with Crippen LogP contribution in [0, 0.1) is 0 Å². The maximum atomic E-state index is 12.3. The Bertz CT molecular complexity index is 300. The molecule has 3 nitrogen and oxygen atoms in total. The van der Waals surface area contributed by atoms with E-state index in [2.05, 4.69) is 20.9 Å². The zero-order valence-corrected chi connectivity index (χ0v) is 10.9. The summed E-state index contributed by atoms with van der Waals surface area (Å²) in [5, 5.41) is 0.550. The van der Waals surface area contributed by atoms with Gasteiger partial charge in [-0.3, -0.25) is 4.90 Å². The zero-order valence-electron chi connectivity index (χ0n) is 9.33. The number of hydrogen-bond acceptors (Lipinski definition) is 2. The molecular weight excluding hydrogens is 299 g/mol. The summed E-state index contributed by atoms with van der Waals surface area (Å²) < 4.78 is 38.6. The number of rotatable bonds is 7. The number of imidazole rings is 1. The monoisotopic (exact) mass is 313 g/mol. The van der Waals surface area contributed by atoms with Gasteiger partial charge in [0.1, 0.15) is 0 Å². The molecule has 17 heavy (non-hydrogen) atoms. The maximum Gasteiger partial charge on any atom is 0.401 e. The molecule has 0 saturated carbocycles. The summed E-state index contributed by atoms with van der Waals surface area (Å²) >= 11 is 3.16. The van der Waals surface area contributed by atoms with Gasteiger partial charge in [-0.15, -0.1) is 0 Å². The summed E-state index contributed by atoms with van der Waals surface area (Å²) in [4.78, 5) is 5.29. The van der Waals surface area contributed by atoms with E-state index in [4.69, 9.17) is 0 Å². The Morgan fingerprint density at radius 1 is 1.29 bits per heavy atom. The lowest BCUT2D eigenvalue weighted by molar-refractivity contribution is -0.145. The van der Waals surface area contributed by atoms with Crippen molar-refractivity contribution in [2.24, 2.45) is 0 Å². The quantitative estimate of drug-likeness (QED) is 0.721. The van der Waals surface area contributed by atoms with Crippen LogP contribution in [0.4, 0.5) is 13.2 Å². The number of nitrogens with zero attached hydrogens (tertiary/aromatic N) is 3. The van der Waals surface area contributed by atoms with Gasteiger partial charge < -0.3 is 4.57 Å². The number of halogens is 4. The average molecular weight is 314 g/mol. The molecule has 7 heteroatoms. The summed E-state index contributed by atoms with van der Waals surface area (Å²) in [7, 11) is 0. The van der Waals surface area contributed by atoms with Crippen LogP contribution in [-0.4, -0.2) is 45.6 Å². The molecule has 1 aromatic rings. The van der Waals surface area contributed by atoms with Crippen LogP contribution in [-0.2, 0) is 6.54 Å². The lowest BCUT2D eigenvalue weighted by Crippen LogP contribution is -2.36. The average Bonchev–Trinajstić information content (AvgIpc) is 2.68. The molecule has 0 unspecified atom stereocenters. The van der Waals surface area contributed by atoms with Crippen LogP contribution in [0.25, 0.3) is 0 Å². The molecule has 0 bridgehead atoms. The van der Waals surface area contributed by atoms with E-state index >= 15 is 0 Å². The fourth-order valence-electron chi connectivity index (χ4n) is 1.54. The highest BCUT2D eigenvalue weighted by atomic mass is 79.9. The number of aromatic nitrogens is 2. The van der Waals surface area contributed by atoms with Crippen molar-refractivity contribution in [1.29, 1.82) is 0 Å². The first-order valence-corrected chi connectivity index (χ1v) is 6.44. The molecule has 0 atom stereocenters. The smallest absolute Gasteiger partial charge is 0.337 e. The van der Waals surface area contributed by atoms with E-state index in [-0.39, 0.29) is 0 Å². The molecule has 0 fully saturated rings. The normalized spacial score (nSPS) is 12.3. The van der Waals surface area contributed by atoms with Crippen LogP contribution in [0.2, 0.25) is 0 Å². The molecule has 98 valence electrons. The van der Waals surface area contributed by atoms with Crippen molar-refractivity contribution in [3.8, 4) is 0 Å². The van der Waals surface area contributed by atoms with Gasteiger partial charge >= 0.3 is 6.18 Å². The van der Waals surface area contributed by atoms with E-state index < -0.39 is 12.7 Å². The Hall–Kier alpha value is -0.560. The Balaban J connectivity index is 2.29. The molecule has 1 aromatic heterocycles. The fourth-order valence-corrected chi connectivity index (χ4v) is 2.04. The van der Waals surface area contributed by atoms with Gasteiger partial charge in [0.15, 0.2) is 0 Å². The largest absolute Gasteiger partial charge is 0.401 e. The Labute approximate surface area is 107 Å². The molecule has 0 amide bonds. The van der Waals surface area contributed by atoms with E-state index in [0.717, 1.165) is 0 Å². The summed E-state index contributed by atoms with van der Waals surface area (Å²) in [5.74, 6) is 0. The third-order valence-electron chi connectivity index (χ3n) is 2.25. The Morgan fingerprint density at radius 2 is 2.06 bits per heavy atom. The summed E-state index contributed by atoms with van der Waals surface area (Å²) in [6.07, 6.45) is 1.68. The van der Waals surface area contributed by atoms with Crippen molar-refractivity contribution in [3.05, 3.63) is 18.7 Å². The summed E-state index contributed by atoms with van der Waals surface area (Å²) in [5.41, 5.74) is 0. The van der Waals surface area contributed by atoms with Gasteiger partial charge in [-0.05, 0) is 6.42 Å². The minimum atomic E-state index is -4.13. The molecule has 1 heterocycles. The van der Waals surface area contributed by atoms with Gasteiger partial charge in [0.2, 0.25) is 0 Å². The first kappa shape index (κ1) is 14.5. The van der Waals surface area contributed by atoms with E-state index in [0.29, 0.717) is 31.4 Å². The third kappa shape index (κ3) is 6.68. The van der Waals surface area contributed by atoms with Gasteiger partial charge in [0.25, 0.3) is 0 Å². The van der Waals surface area contributed by atoms with Crippen LogP contribution < -0.4 is 0 Å².